The van der Waals surface area contributed by atoms with Gasteiger partial charge in [0.05, 0.1) is 6.10 Å². The molecule has 31 heavy (non-hydrogen) atoms. The highest BCUT2D eigenvalue weighted by Gasteiger charge is 2.70. The van der Waals surface area contributed by atoms with Crippen LogP contribution >= 0.6 is 7.82 Å². The van der Waals surface area contributed by atoms with Gasteiger partial charge in [-0.05, 0) is 67.3 Å². The lowest BCUT2D eigenvalue weighted by atomic mass is 9.45. The molecule has 4 aliphatic carbocycles. The maximum absolute atomic E-state index is 13.0. The first-order valence-electron chi connectivity index (χ1n) is 11.1. The molecular formula is C22H33O8P. The Kier molecular flexibility index (Phi) is 5.49. The van der Waals surface area contributed by atoms with Crippen molar-refractivity contribution in [1.29, 1.82) is 0 Å². The number of aliphatic hydroxyl groups excluding tert-OH is 1. The molecule has 0 bridgehead atoms. The molecule has 8 nitrogen and oxygen atoms in total. The van der Waals surface area contributed by atoms with E-state index in [9.17, 15) is 24.4 Å². The van der Waals surface area contributed by atoms with Crippen molar-refractivity contribution in [2.45, 2.75) is 71.0 Å². The van der Waals surface area contributed by atoms with Crippen LogP contribution in [0, 0.1) is 34.5 Å². The van der Waals surface area contributed by atoms with E-state index >= 15 is 0 Å². The normalized spacial score (nSPS) is 47.3. The molecule has 0 aromatic heterocycles. The summed E-state index contributed by atoms with van der Waals surface area (Å²) in [6.45, 7) is 4.88. The summed E-state index contributed by atoms with van der Waals surface area (Å²) in [4.78, 5) is 43.0. The van der Waals surface area contributed by atoms with Crippen LogP contribution in [0.2, 0.25) is 0 Å². The van der Waals surface area contributed by atoms with Crippen molar-refractivity contribution >= 4 is 19.4 Å². The molecule has 3 saturated carbocycles. The molecule has 0 saturated heterocycles. The molecule has 0 heterocycles. The minimum absolute atomic E-state index is 0.0177. The molecule has 0 aliphatic heterocycles. The average Bonchev–Trinajstić information content (AvgIpc) is 2.87. The van der Waals surface area contributed by atoms with Gasteiger partial charge in [0.25, 0.3) is 0 Å². The number of phosphoric acid groups is 1. The largest absolute Gasteiger partial charge is 0.470 e. The van der Waals surface area contributed by atoms with E-state index in [1.807, 2.05) is 6.92 Å². The molecule has 4 N–H and O–H groups in total. The van der Waals surface area contributed by atoms with Gasteiger partial charge in [-0.2, -0.15) is 0 Å². The molecule has 174 valence electrons. The van der Waals surface area contributed by atoms with Crippen LogP contribution in [0.5, 0.6) is 0 Å². The van der Waals surface area contributed by atoms with Gasteiger partial charge in [0.2, 0.25) is 0 Å². The number of carbonyl (C=O) groups excluding carboxylic acids is 2. The lowest BCUT2D eigenvalue weighted by Gasteiger charge is -2.60. The van der Waals surface area contributed by atoms with Crippen molar-refractivity contribution in [1.82, 2.24) is 0 Å². The third-order valence-corrected chi connectivity index (χ3v) is 9.73. The lowest BCUT2D eigenvalue weighted by molar-refractivity contribution is -0.186. The zero-order valence-electron chi connectivity index (χ0n) is 18.3. The number of aliphatic hydroxyl groups is 2. The van der Waals surface area contributed by atoms with E-state index in [0.717, 1.165) is 18.4 Å². The quantitative estimate of drug-likeness (QED) is 0.472. The third kappa shape index (κ3) is 3.33. The first-order chi connectivity index (χ1) is 14.2. The standard InChI is InChI=1S/C22H33O8P/c1-12-8-16-15-5-4-13-9-14(23)6-7-20(13,2)19(15)17(24)10-21(16,3)22(12,26)18(25)11-30-31(27,28)29/h9,12,15-17,19,24,26H,4-8,10-11H2,1-3H3,(H2,27,28,29)/t12-,15+,16+,17-,19-,20+,21+,22+/m1/s1. The van der Waals surface area contributed by atoms with Crippen LogP contribution < -0.4 is 0 Å². The summed E-state index contributed by atoms with van der Waals surface area (Å²) < 4.78 is 15.5. The predicted molar refractivity (Wildman–Crippen MR) is 111 cm³/mol. The Morgan fingerprint density at radius 2 is 1.97 bits per heavy atom. The van der Waals surface area contributed by atoms with Crippen molar-refractivity contribution in [3.05, 3.63) is 11.6 Å². The zero-order chi connectivity index (χ0) is 23.0. The Morgan fingerprint density at radius 1 is 1.29 bits per heavy atom. The minimum atomic E-state index is -4.85. The first-order valence-corrected chi connectivity index (χ1v) is 12.6. The van der Waals surface area contributed by atoms with Gasteiger partial charge in [0.15, 0.2) is 11.6 Å². The number of ketones is 2. The van der Waals surface area contributed by atoms with E-state index in [1.54, 1.807) is 13.0 Å². The monoisotopic (exact) mass is 456 g/mol. The van der Waals surface area contributed by atoms with Gasteiger partial charge in [-0.3, -0.25) is 14.1 Å². The van der Waals surface area contributed by atoms with Crippen molar-refractivity contribution in [3.8, 4) is 0 Å². The molecular weight excluding hydrogens is 423 g/mol. The number of allylic oxidation sites excluding steroid dienone is 1. The summed E-state index contributed by atoms with van der Waals surface area (Å²) in [6.07, 6.45) is 4.55. The second kappa shape index (κ2) is 7.31. The molecule has 0 radical (unpaired) electrons. The van der Waals surface area contributed by atoms with Crippen molar-refractivity contribution in [2.75, 3.05) is 6.61 Å². The van der Waals surface area contributed by atoms with Gasteiger partial charge in [0, 0.05) is 11.8 Å². The van der Waals surface area contributed by atoms with Gasteiger partial charge in [0.1, 0.15) is 12.2 Å². The number of phosphoric ester groups is 1. The highest BCUT2D eigenvalue weighted by molar-refractivity contribution is 7.46. The zero-order valence-corrected chi connectivity index (χ0v) is 19.2. The van der Waals surface area contributed by atoms with E-state index in [0.29, 0.717) is 19.3 Å². The van der Waals surface area contributed by atoms with Crippen LogP contribution in [0.25, 0.3) is 0 Å². The summed E-state index contributed by atoms with van der Waals surface area (Å²) in [7, 11) is -4.85. The molecule has 0 spiro atoms. The lowest BCUT2D eigenvalue weighted by Crippen LogP contribution is -2.63. The Bertz CT molecular complexity index is 879. The van der Waals surface area contributed by atoms with Crippen LogP contribution in [-0.2, 0) is 18.7 Å². The second-order valence-electron chi connectivity index (χ2n) is 10.7. The molecule has 4 rings (SSSR count). The van der Waals surface area contributed by atoms with Gasteiger partial charge in [-0.1, -0.05) is 26.3 Å². The second-order valence-corrected chi connectivity index (χ2v) is 11.9. The summed E-state index contributed by atoms with van der Waals surface area (Å²) >= 11 is 0. The molecule has 3 fully saturated rings. The van der Waals surface area contributed by atoms with E-state index in [1.165, 1.54) is 0 Å². The number of fused-ring (bicyclic) bond motifs is 5. The highest BCUT2D eigenvalue weighted by atomic mass is 31.2. The molecule has 0 unspecified atom stereocenters. The third-order valence-electron chi connectivity index (χ3n) is 9.27. The molecule has 0 amide bonds. The number of carbonyl (C=O) groups is 2. The maximum Gasteiger partial charge on any atom is 0.470 e. The van der Waals surface area contributed by atoms with E-state index in [2.05, 4.69) is 11.4 Å². The molecule has 8 atom stereocenters. The first kappa shape index (κ1) is 23.3. The van der Waals surface area contributed by atoms with Crippen molar-refractivity contribution < 1.29 is 38.7 Å². The fraction of sp³-hybridized carbons (Fsp3) is 0.818. The number of rotatable bonds is 4. The number of hydrogen-bond acceptors (Lipinski definition) is 6. The van der Waals surface area contributed by atoms with Crippen molar-refractivity contribution in [3.63, 3.8) is 0 Å². The van der Waals surface area contributed by atoms with Crippen molar-refractivity contribution in [2.24, 2.45) is 34.5 Å². The maximum atomic E-state index is 13.0. The smallest absolute Gasteiger partial charge is 0.393 e. The predicted octanol–water partition coefficient (Wildman–Crippen LogP) is 2.14. The Balaban J connectivity index is 1.68. The van der Waals surface area contributed by atoms with Crippen LogP contribution in [0.3, 0.4) is 0 Å². The summed E-state index contributed by atoms with van der Waals surface area (Å²) in [6, 6.07) is 0. The molecule has 0 aromatic carbocycles. The Labute approximate surface area is 182 Å². The highest BCUT2D eigenvalue weighted by Crippen LogP contribution is 2.68. The minimum Gasteiger partial charge on any atom is -0.393 e. The van der Waals surface area contributed by atoms with E-state index in [4.69, 9.17) is 9.79 Å². The number of Topliss-reactive ketones (excluding diaryl/α,β-unsaturated/α-hetero) is 1. The van der Waals surface area contributed by atoms with E-state index < -0.39 is 43.3 Å². The summed E-state index contributed by atoms with van der Waals surface area (Å²) in [5, 5.41) is 23.0. The van der Waals surface area contributed by atoms with Crippen LogP contribution in [0.1, 0.15) is 59.3 Å². The van der Waals surface area contributed by atoms with Crippen LogP contribution in [0.4, 0.5) is 0 Å². The number of hydrogen-bond donors (Lipinski definition) is 4. The molecule has 9 heteroatoms. The fourth-order valence-corrected chi connectivity index (χ4v) is 8.15. The molecule has 0 aromatic rings. The molecule has 4 aliphatic rings. The Morgan fingerprint density at radius 3 is 2.61 bits per heavy atom. The summed E-state index contributed by atoms with van der Waals surface area (Å²) in [5.41, 5.74) is -1.92. The van der Waals surface area contributed by atoms with Crippen LogP contribution in [0.15, 0.2) is 11.6 Å². The van der Waals surface area contributed by atoms with E-state index in [-0.39, 0.29) is 35.4 Å². The van der Waals surface area contributed by atoms with Gasteiger partial charge < -0.3 is 20.0 Å². The SMILES string of the molecule is C[C@@H]1C[C@H]2[C@@H]3CCC4=CC(=O)CC[C@]4(C)[C@H]3[C@H](O)C[C@]2(C)[C@@]1(O)C(=O)COP(=O)(O)O. The van der Waals surface area contributed by atoms with Gasteiger partial charge in [-0.15, -0.1) is 0 Å². The van der Waals surface area contributed by atoms with Gasteiger partial charge in [-0.25, -0.2) is 4.57 Å². The average molecular weight is 456 g/mol. The Hall–Kier alpha value is -0.890. The van der Waals surface area contributed by atoms with Gasteiger partial charge >= 0.3 is 7.82 Å². The van der Waals surface area contributed by atoms with Crippen LogP contribution in [-0.4, -0.2) is 49.9 Å². The fourth-order valence-electron chi connectivity index (χ4n) is 7.87. The summed E-state index contributed by atoms with van der Waals surface area (Å²) in [5.74, 6) is -1.01. The topological polar surface area (TPSA) is 141 Å².